The maximum absolute atomic E-state index is 5.67. The van der Waals surface area contributed by atoms with Crippen LogP contribution in [0.15, 0.2) is 18.0 Å². The number of aromatic nitrogens is 1. The van der Waals surface area contributed by atoms with E-state index in [1.165, 1.54) is 4.88 Å². The second-order valence-corrected chi connectivity index (χ2v) is 4.87. The van der Waals surface area contributed by atoms with Crippen LogP contribution in [-0.2, 0) is 4.74 Å². The molecule has 0 bridgehead atoms. The van der Waals surface area contributed by atoms with Crippen molar-refractivity contribution in [1.29, 1.82) is 0 Å². The predicted molar refractivity (Wildman–Crippen MR) is 61.9 cm³/mol. The Bertz CT molecular complexity index is 359. The Kier molecular flexibility index (Phi) is 3.38. The van der Waals surface area contributed by atoms with Gasteiger partial charge in [-0.15, -0.1) is 11.3 Å². The molecule has 1 N–H and O–H groups in total. The lowest BCUT2D eigenvalue weighted by atomic mass is 10.1. The minimum absolute atomic E-state index is 0.177. The number of ether oxygens (including phenoxy) is 1. The first-order valence-corrected chi connectivity index (χ1v) is 6.05. The molecule has 1 aromatic heterocycles. The van der Waals surface area contributed by atoms with Gasteiger partial charge in [-0.25, -0.2) is 4.98 Å². The molecule has 0 saturated heterocycles. The van der Waals surface area contributed by atoms with E-state index < -0.39 is 0 Å². The highest BCUT2D eigenvalue weighted by Crippen LogP contribution is 2.29. The third-order valence-corrected chi connectivity index (χ3v) is 3.44. The highest BCUT2D eigenvalue weighted by Gasteiger charge is 2.19. The largest absolute Gasteiger partial charge is 0.496 e. The van der Waals surface area contributed by atoms with Gasteiger partial charge in [0.15, 0.2) is 0 Å². The van der Waals surface area contributed by atoms with Crippen LogP contribution >= 0.6 is 11.3 Å². The summed E-state index contributed by atoms with van der Waals surface area (Å²) in [4.78, 5) is 5.50. The van der Waals surface area contributed by atoms with Crippen molar-refractivity contribution in [2.45, 2.75) is 25.8 Å². The van der Waals surface area contributed by atoms with Crippen LogP contribution in [0, 0.1) is 6.92 Å². The Labute approximate surface area is 94.2 Å². The zero-order valence-electron chi connectivity index (χ0n) is 9.12. The fraction of sp³-hybridized carbons (Fsp3) is 0.545. The average molecular weight is 224 g/mol. The molecule has 2 heterocycles. The second-order valence-electron chi connectivity index (χ2n) is 3.60. The van der Waals surface area contributed by atoms with Gasteiger partial charge in [0.1, 0.15) is 11.8 Å². The number of likely N-dealkylation sites (N-methyl/N-ethyl adjacent to an activating group) is 1. The SMILES string of the molecule is CNC(C1=CCCCO1)c1cnc(C)s1. The van der Waals surface area contributed by atoms with Gasteiger partial charge in [-0.1, -0.05) is 0 Å². The van der Waals surface area contributed by atoms with Gasteiger partial charge in [0, 0.05) is 11.1 Å². The van der Waals surface area contributed by atoms with Crippen LogP contribution in [0.1, 0.15) is 28.8 Å². The molecule has 1 aliphatic rings. The molecule has 4 heteroatoms. The summed E-state index contributed by atoms with van der Waals surface area (Å²) in [7, 11) is 1.96. The molecule has 1 aliphatic heterocycles. The first-order chi connectivity index (χ1) is 7.31. The van der Waals surface area contributed by atoms with E-state index in [1.54, 1.807) is 11.3 Å². The topological polar surface area (TPSA) is 34.1 Å². The number of aryl methyl sites for hydroxylation is 1. The van der Waals surface area contributed by atoms with Crippen molar-refractivity contribution < 1.29 is 4.74 Å². The lowest BCUT2D eigenvalue weighted by Crippen LogP contribution is -2.21. The quantitative estimate of drug-likeness (QED) is 0.856. The number of hydrogen-bond donors (Lipinski definition) is 1. The minimum atomic E-state index is 0.177. The number of nitrogens with one attached hydrogen (secondary N) is 1. The van der Waals surface area contributed by atoms with Crippen LogP contribution in [0.5, 0.6) is 0 Å². The van der Waals surface area contributed by atoms with Crippen LogP contribution in [0.2, 0.25) is 0 Å². The van der Waals surface area contributed by atoms with Gasteiger partial charge in [0.05, 0.1) is 11.6 Å². The molecule has 0 spiro atoms. The van der Waals surface area contributed by atoms with Gasteiger partial charge < -0.3 is 10.1 Å². The Morgan fingerprint density at radius 2 is 2.47 bits per heavy atom. The molecule has 1 unspecified atom stereocenters. The Balaban J connectivity index is 2.19. The molecule has 2 rings (SSSR count). The van der Waals surface area contributed by atoms with Crippen LogP contribution in [0.25, 0.3) is 0 Å². The van der Waals surface area contributed by atoms with E-state index in [0.29, 0.717) is 0 Å². The Morgan fingerprint density at radius 1 is 1.60 bits per heavy atom. The summed E-state index contributed by atoms with van der Waals surface area (Å²) in [5, 5.41) is 4.38. The maximum atomic E-state index is 5.67. The molecular weight excluding hydrogens is 208 g/mol. The molecule has 0 amide bonds. The minimum Gasteiger partial charge on any atom is -0.496 e. The first-order valence-electron chi connectivity index (χ1n) is 5.23. The van der Waals surface area contributed by atoms with E-state index >= 15 is 0 Å². The first kappa shape index (κ1) is 10.6. The summed E-state index contributed by atoms with van der Waals surface area (Å²) in [5.74, 6) is 1.05. The molecule has 1 aromatic rings. The predicted octanol–water partition coefficient (Wildman–Crippen LogP) is 2.41. The molecule has 0 fully saturated rings. The summed E-state index contributed by atoms with van der Waals surface area (Å²) in [6.07, 6.45) is 6.35. The van der Waals surface area contributed by atoms with E-state index in [-0.39, 0.29) is 6.04 Å². The summed E-state index contributed by atoms with van der Waals surface area (Å²) in [5.41, 5.74) is 0. The van der Waals surface area contributed by atoms with Crippen molar-refractivity contribution >= 4 is 11.3 Å². The lowest BCUT2D eigenvalue weighted by Gasteiger charge is -2.22. The van der Waals surface area contributed by atoms with Crippen LogP contribution in [-0.4, -0.2) is 18.6 Å². The molecule has 15 heavy (non-hydrogen) atoms. The monoisotopic (exact) mass is 224 g/mol. The van der Waals surface area contributed by atoms with E-state index in [4.69, 9.17) is 4.74 Å². The van der Waals surface area contributed by atoms with Crippen LogP contribution in [0.4, 0.5) is 0 Å². The van der Waals surface area contributed by atoms with Crippen molar-refractivity contribution in [3.8, 4) is 0 Å². The normalized spacial score (nSPS) is 18.1. The molecule has 1 atom stereocenters. The van der Waals surface area contributed by atoms with Gasteiger partial charge >= 0.3 is 0 Å². The van der Waals surface area contributed by atoms with E-state index in [2.05, 4.69) is 16.4 Å². The van der Waals surface area contributed by atoms with Gasteiger partial charge in [-0.05, 0) is 32.9 Å². The number of rotatable bonds is 3. The second kappa shape index (κ2) is 4.77. The van der Waals surface area contributed by atoms with Crippen molar-refractivity contribution in [2.75, 3.05) is 13.7 Å². The number of allylic oxidation sites excluding steroid dienone is 1. The highest BCUT2D eigenvalue weighted by atomic mass is 32.1. The Hall–Kier alpha value is -0.870. The van der Waals surface area contributed by atoms with Crippen molar-refractivity contribution in [3.05, 3.63) is 27.9 Å². The number of hydrogen-bond acceptors (Lipinski definition) is 4. The van der Waals surface area contributed by atoms with E-state index in [9.17, 15) is 0 Å². The molecule has 0 aliphatic carbocycles. The molecule has 0 aromatic carbocycles. The summed E-state index contributed by atoms with van der Waals surface area (Å²) < 4.78 is 5.67. The zero-order chi connectivity index (χ0) is 10.7. The summed E-state index contributed by atoms with van der Waals surface area (Å²) >= 11 is 1.72. The molecule has 0 saturated carbocycles. The summed E-state index contributed by atoms with van der Waals surface area (Å²) in [6.45, 7) is 2.86. The van der Waals surface area contributed by atoms with Crippen molar-refractivity contribution in [1.82, 2.24) is 10.3 Å². The molecule has 0 radical (unpaired) electrons. The third kappa shape index (κ3) is 2.38. The standard InChI is InChI=1S/C11H16N2OS/c1-8-13-7-10(15-8)11(12-2)9-5-3-4-6-14-9/h5,7,11-12H,3-4,6H2,1-2H3. The maximum Gasteiger partial charge on any atom is 0.114 e. The van der Waals surface area contributed by atoms with Gasteiger partial charge in [0.25, 0.3) is 0 Å². The lowest BCUT2D eigenvalue weighted by molar-refractivity contribution is 0.170. The zero-order valence-corrected chi connectivity index (χ0v) is 9.93. The van der Waals surface area contributed by atoms with Crippen LogP contribution < -0.4 is 5.32 Å². The Morgan fingerprint density at radius 3 is 3.00 bits per heavy atom. The molecule has 82 valence electrons. The van der Waals surface area contributed by atoms with Gasteiger partial charge in [0.2, 0.25) is 0 Å². The van der Waals surface area contributed by atoms with E-state index in [0.717, 1.165) is 30.2 Å². The summed E-state index contributed by atoms with van der Waals surface area (Å²) in [6, 6.07) is 0.177. The molecular formula is C11H16N2OS. The van der Waals surface area contributed by atoms with Crippen molar-refractivity contribution in [3.63, 3.8) is 0 Å². The fourth-order valence-electron chi connectivity index (χ4n) is 1.71. The van der Waals surface area contributed by atoms with Crippen LogP contribution in [0.3, 0.4) is 0 Å². The van der Waals surface area contributed by atoms with E-state index in [1.807, 2.05) is 20.2 Å². The van der Waals surface area contributed by atoms with Gasteiger partial charge in [-0.3, -0.25) is 0 Å². The average Bonchev–Trinajstić information content (AvgIpc) is 2.68. The van der Waals surface area contributed by atoms with Crippen molar-refractivity contribution in [2.24, 2.45) is 0 Å². The smallest absolute Gasteiger partial charge is 0.114 e. The molecule has 3 nitrogen and oxygen atoms in total. The van der Waals surface area contributed by atoms with Gasteiger partial charge in [-0.2, -0.15) is 0 Å². The number of thiazole rings is 1. The fourth-order valence-corrected chi connectivity index (χ4v) is 2.62. The third-order valence-electron chi connectivity index (χ3n) is 2.46. The number of nitrogens with zero attached hydrogens (tertiary/aromatic N) is 1. The highest BCUT2D eigenvalue weighted by molar-refractivity contribution is 7.11.